The van der Waals surface area contributed by atoms with Crippen LogP contribution in [0.2, 0.25) is 0 Å². The predicted octanol–water partition coefficient (Wildman–Crippen LogP) is 3.08. The molecule has 1 fully saturated rings. The van der Waals surface area contributed by atoms with Crippen molar-refractivity contribution in [2.75, 3.05) is 13.2 Å². The molecule has 1 unspecified atom stereocenters. The van der Waals surface area contributed by atoms with E-state index < -0.39 is 11.7 Å². The number of pyridine rings is 1. The minimum Gasteiger partial charge on any atom is -0.376 e. The molecule has 5 nitrogen and oxygen atoms in total. The van der Waals surface area contributed by atoms with Gasteiger partial charge in [-0.25, -0.2) is 0 Å². The van der Waals surface area contributed by atoms with Crippen LogP contribution in [0.15, 0.2) is 60.8 Å². The molecular formula is C21H20N2O3. The number of rotatable bonds is 5. The maximum absolute atomic E-state index is 12.9. The molecule has 26 heavy (non-hydrogen) atoms. The van der Waals surface area contributed by atoms with E-state index in [2.05, 4.69) is 5.32 Å². The molecule has 1 saturated heterocycles. The molecule has 1 aromatic carbocycles. The average molecular weight is 348 g/mol. The van der Waals surface area contributed by atoms with Crippen molar-refractivity contribution in [3.8, 4) is 11.1 Å². The third kappa shape index (κ3) is 3.13. The summed E-state index contributed by atoms with van der Waals surface area (Å²) in [6, 6.07) is 17.3. The highest BCUT2D eigenvalue weighted by atomic mass is 16.5. The van der Waals surface area contributed by atoms with Gasteiger partial charge in [0.1, 0.15) is 5.69 Å². The van der Waals surface area contributed by atoms with Gasteiger partial charge in [-0.2, -0.15) is 0 Å². The molecule has 1 aliphatic rings. The highest BCUT2D eigenvalue weighted by molar-refractivity contribution is 6.43. The van der Waals surface area contributed by atoms with Gasteiger partial charge >= 0.3 is 0 Å². The Hall–Kier alpha value is -2.92. The quantitative estimate of drug-likeness (QED) is 0.569. The predicted molar refractivity (Wildman–Crippen MR) is 99.1 cm³/mol. The van der Waals surface area contributed by atoms with Crippen LogP contribution < -0.4 is 5.32 Å². The van der Waals surface area contributed by atoms with Crippen LogP contribution in [0.4, 0.5) is 0 Å². The summed E-state index contributed by atoms with van der Waals surface area (Å²) in [7, 11) is 0. The van der Waals surface area contributed by atoms with Gasteiger partial charge in [-0.3, -0.25) is 9.59 Å². The van der Waals surface area contributed by atoms with E-state index in [-0.39, 0.29) is 6.10 Å². The number of hydrogen-bond acceptors (Lipinski definition) is 3. The summed E-state index contributed by atoms with van der Waals surface area (Å²) < 4.78 is 7.28. The molecule has 1 aliphatic heterocycles. The number of fused-ring (bicyclic) bond motifs is 1. The normalized spacial score (nSPS) is 16.7. The van der Waals surface area contributed by atoms with Gasteiger partial charge in [0.25, 0.3) is 11.7 Å². The Balaban J connectivity index is 1.67. The van der Waals surface area contributed by atoms with Crippen molar-refractivity contribution >= 4 is 17.2 Å². The van der Waals surface area contributed by atoms with Crippen molar-refractivity contribution in [3.63, 3.8) is 0 Å². The van der Waals surface area contributed by atoms with Crippen LogP contribution in [-0.4, -0.2) is 35.3 Å². The number of aromatic nitrogens is 1. The third-order valence-electron chi connectivity index (χ3n) is 4.70. The van der Waals surface area contributed by atoms with Gasteiger partial charge in [-0.15, -0.1) is 0 Å². The number of amides is 1. The molecule has 4 rings (SSSR count). The van der Waals surface area contributed by atoms with Crippen molar-refractivity contribution in [2.45, 2.75) is 18.9 Å². The van der Waals surface area contributed by atoms with Crippen LogP contribution in [-0.2, 0) is 9.53 Å². The van der Waals surface area contributed by atoms with Crippen molar-refractivity contribution in [2.24, 2.45) is 0 Å². The molecule has 0 saturated carbocycles. The zero-order valence-corrected chi connectivity index (χ0v) is 14.4. The number of nitrogens with one attached hydrogen (secondary N) is 1. The SMILES string of the molecule is O=C(NCC1CCCO1)C(=O)c1c(-c2ccccc2)cc2ccccn12. The molecule has 0 aliphatic carbocycles. The minimum absolute atomic E-state index is 0.00408. The summed E-state index contributed by atoms with van der Waals surface area (Å²) >= 11 is 0. The van der Waals surface area contributed by atoms with Crippen LogP contribution in [0.25, 0.3) is 16.6 Å². The lowest BCUT2D eigenvalue weighted by Gasteiger charge is -2.11. The van der Waals surface area contributed by atoms with Gasteiger partial charge in [0.2, 0.25) is 0 Å². The first-order valence-corrected chi connectivity index (χ1v) is 8.83. The zero-order chi connectivity index (χ0) is 17.9. The summed E-state index contributed by atoms with van der Waals surface area (Å²) in [6.45, 7) is 1.09. The number of ketones is 1. The van der Waals surface area contributed by atoms with Crippen LogP contribution >= 0.6 is 0 Å². The van der Waals surface area contributed by atoms with Gasteiger partial charge in [0.05, 0.1) is 6.10 Å². The van der Waals surface area contributed by atoms with Crippen LogP contribution in [0.5, 0.6) is 0 Å². The molecular weight excluding hydrogens is 328 g/mol. The van der Waals surface area contributed by atoms with Crippen LogP contribution in [0.3, 0.4) is 0 Å². The van der Waals surface area contributed by atoms with Crippen molar-refractivity contribution in [1.82, 2.24) is 9.72 Å². The lowest BCUT2D eigenvalue weighted by Crippen LogP contribution is -2.37. The Labute approximate surface area is 151 Å². The second kappa shape index (κ2) is 7.14. The summed E-state index contributed by atoms with van der Waals surface area (Å²) in [6.07, 6.45) is 3.72. The van der Waals surface area contributed by atoms with E-state index in [9.17, 15) is 9.59 Å². The second-order valence-electron chi connectivity index (χ2n) is 6.44. The van der Waals surface area contributed by atoms with E-state index in [0.717, 1.165) is 36.1 Å². The highest BCUT2D eigenvalue weighted by Gasteiger charge is 2.25. The number of Topliss-reactive ketones (excluding diaryl/α,β-unsaturated/α-hetero) is 1. The van der Waals surface area contributed by atoms with Gasteiger partial charge < -0.3 is 14.5 Å². The van der Waals surface area contributed by atoms with Crippen molar-refractivity contribution in [1.29, 1.82) is 0 Å². The summed E-state index contributed by atoms with van der Waals surface area (Å²) in [5.74, 6) is -1.13. The molecule has 0 spiro atoms. The monoisotopic (exact) mass is 348 g/mol. The van der Waals surface area contributed by atoms with Gasteiger partial charge in [-0.05, 0) is 36.6 Å². The fraction of sp³-hybridized carbons (Fsp3) is 0.238. The summed E-state index contributed by atoms with van der Waals surface area (Å²) in [4.78, 5) is 25.4. The van der Waals surface area contributed by atoms with E-state index in [1.54, 1.807) is 4.40 Å². The van der Waals surface area contributed by atoms with Gasteiger partial charge in [0, 0.05) is 30.4 Å². The standard InChI is InChI=1S/C21H20N2O3/c24-20(21(25)22-14-17-10-6-12-26-17)19-18(15-7-2-1-3-8-15)13-16-9-4-5-11-23(16)19/h1-5,7-9,11,13,17H,6,10,12,14H2,(H,22,25). The van der Waals surface area contributed by atoms with Gasteiger partial charge in [-0.1, -0.05) is 36.4 Å². The smallest absolute Gasteiger partial charge is 0.294 e. The van der Waals surface area contributed by atoms with Crippen LogP contribution in [0.1, 0.15) is 23.3 Å². The largest absolute Gasteiger partial charge is 0.376 e. The number of carbonyl (C=O) groups excluding carboxylic acids is 2. The Morgan fingerprint density at radius 2 is 1.92 bits per heavy atom. The number of benzene rings is 1. The third-order valence-corrected chi connectivity index (χ3v) is 4.70. The second-order valence-corrected chi connectivity index (χ2v) is 6.44. The first-order chi connectivity index (χ1) is 12.7. The van der Waals surface area contributed by atoms with Crippen LogP contribution in [0, 0.1) is 0 Å². The molecule has 3 aromatic rings. The van der Waals surface area contributed by atoms with E-state index in [1.807, 2.05) is 60.8 Å². The Morgan fingerprint density at radius 3 is 2.69 bits per heavy atom. The van der Waals surface area contributed by atoms with E-state index in [4.69, 9.17) is 4.74 Å². The summed E-state index contributed by atoms with van der Waals surface area (Å²) in [5, 5.41) is 2.73. The Morgan fingerprint density at radius 1 is 1.12 bits per heavy atom. The zero-order valence-electron chi connectivity index (χ0n) is 14.4. The maximum Gasteiger partial charge on any atom is 0.294 e. The first-order valence-electron chi connectivity index (χ1n) is 8.83. The number of hydrogen-bond donors (Lipinski definition) is 1. The molecule has 0 radical (unpaired) electrons. The maximum atomic E-state index is 12.9. The number of carbonyl (C=O) groups is 2. The molecule has 5 heteroatoms. The molecule has 132 valence electrons. The molecule has 1 N–H and O–H groups in total. The topological polar surface area (TPSA) is 59.8 Å². The fourth-order valence-corrected chi connectivity index (χ4v) is 3.39. The van der Waals surface area contributed by atoms with Gasteiger partial charge in [0.15, 0.2) is 0 Å². The summed E-state index contributed by atoms with van der Waals surface area (Å²) in [5.41, 5.74) is 2.93. The lowest BCUT2D eigenvalue weighted by molar-refractivity contribution is -0.117. The molecule has 3 heterocycles. The number of nitrogens with zero attached hydrogens (tertiary/aromatic N) is 1. The van der Waals surface area contributed by atoms with Crippen molar-refractivity contribution < 1.29 is 14.3 Å². The van der Waals surface area contributed by atoms with E-state index in [0.29, 0.717) is 12.2 Å². The molecule has 1 amide bonds. The lowest BCUT2D eigenvalue weighted by atomic mass is 10.0. The fourth-order valence-electron chi connectivity index (χ4n) is 3.39. The molecule has 2 aromatic heterocycles. The minimum atomic E-state index is -0.596. The Kier molecular flexibility index (Phi) is 4.54. The molecule has 1 atom stereocenters. The number of ether oxygens (including phenoxy) is 1. The highest BCUT2D eigenvalue weighted by Crippen LogP contribution is 2.28. The Bertz CT molecular complexity index is 940. The van der Waals surface area contributed by atoms with E-state index >= 15 is 0 Å². The first kappa shape index (κ1) is 16.5. The van der Waals surface area contributed by atoms with E-state index in [1.165, 1.54) is 0 Å². The average Bonchev–Trinajstić information content (AvgIpc) is 3.33. The molecule has 0 bridgehead atoms. The van der Waals surface area contributed by atoms with Crippen molar-refractivity contribution in [3.05, 3.63) is 66.5 Å².